The van der Waals surface area contributed by atoms with Crippen LogP contribution in [0, 0.1) is 0 Å². The van der Waals surface area contributed by atoms with Gasteiger partial charge in [0.25, 0.3) is 5.91 Å². The molecule has 0 aliphatic heterocycles. The molecule has 2 aromatic carbocycles. The lowest BCUT2D eigenvalue weighted by Crippen LogP contribution is -2.26. The van der Waals surface area contributed by atoms with E-state index < -0.39 is 12.0 Å². The van der Waals surface area contributed by atoms with E-state index in [9.17, 15) is 4.79 Å². The molecule has 0 saturated carbocycles. The number of hydrogen-bond donors (Lipinski definition) is 1. The normalized spacial score (nSPS) is 12.0. The molecule has 0 aliphatic carbocycles. The Morgan fingerprint density at radius 1 is 1.08 bits per heavy atom. The Hall–Kier alpha value is -2.28. The van der Waals surface area contributed by atoms with Gasteiger partial charge in [0.15, 0.2) is 17.6 Å². The molecular formula is C18H18Cl2N2O4. The Bertz CT molecular complexity index is 795. The van der Waals surface area contributed by atoms with E-state index in [0.29, 0.717) is 32.7 Å². The number of carbonyl (C=O) groups excluding carboxylic acids is 1. The van der Waals surface area contributed by atoms with Gasteiger partial charge in [-0.2, -0.15) is 5.10 Å². The first kappa shape index (κ1) is 20.0. The van der Waals surface area contributed by atoms with Gasteiger partial charge in [-0.25, -0.2) is 5.43 Å². The highest BCUT2D eigenvalue weighted by Gasteiger charge is 2.19. The van der Waals surface area contributed by atoms with Gasteiger partial charge in [0.2, 0.25) is 0 Å². The van der Waals surface area contributed by atoms with E-state index in [2.05, 4.69) is 10.5 Å². The molecule has 0 heterocycles. The average molecular weight is 397 g/mol. The van der Waals surface area contributed by atoms with Gasteiger partial charge in [0.05, 0.1) is 25.5 Å². The summed E-state index contributed by atoms with van der Waals surface area (Å²) in [6.07, 6.45) is 0.599. The topological polar surface area (TPSA) is 69.2 Å². The lowest BCUT2D eigenvalue weighted by Gasteiger charge is -2.14. The highest BCUT2D eigenvalue weighted by Crippen LogP contribution is 2.32. The second kappa shape index (κ2) is 9.43. The molecule has 0 aliphatic rings. The molecule has 6 nitrogen and oxygen atoms in total. The maximum Gasteiger partial charge on any atom is 0.273 e. The lowest BCUT2D eigenvalue weighted by molar-refractivity contribution is -0.131. The third-order valence-corrected chi connectivity index (χ3v) is 4.11. The Morgan fingerprint density at radius 3 is 2.27 bits per heavy atom. The van der Waals surface area contributed by atoms with Crippen LogP contribution >= 0.6 is 23.2 Å². The predicted octanol–water partition coefficient (Wildman–Crippen LogP) is 3.85. The molecule has 26 heavy (non-hydrogen) atoms. The first-order valence-corrected chi connectivity index (χ1v) is 8.28. The zero-order valence-electron chi connectivity index (χ0n) is 14.5. The van der Waals surface area contributed by atoms with E-state index in [0.717, 1.165) is 0 Å². The fraction of sp³-hybridized carbons (Fsp3) is 0.222. The minimum Gasteiger partial charge on any atom is -0.493 e. The van der Waals surface area contributed by atoms with Gasteiger partial charge in [0, 0.05) is 23.8 Å². The van der Waals surface area contributed by atoms with E-state index >= 15 is 0 Å². The molecule has 0 bridgehead atoms. The lowest BCUT2D eigenvalue weighted by atomic mass is 10.1. The number of methoxy groups -OCH3 is 3. The van der Waals surface area contributed by atoms with Gasteiger partial charge in [-0.15, -0.1) is 0 Å². The molecule has 138 valence electrons. The largest absolute Gasteiger partial charge is 0.493 e. The zero-order valence-corrected chi connectivity index (χ0v) is 16.0. The molecule has 8 heteroatoms. The Labute approximate surface area is 161 Å². The highest BCUT2D eigenvalue weighted by molar-refractivity contribution is 6.33. The number of halogens is 2. The van der Waals surface area contributed by atoms with Crippen LogP contribution in [0.2, 0.25) is 10.0 Å². The monoisotopic (exact) mass is 396 g/mol. The molecule has 0 radical (unpaired) electrons. The van der Waals surface area contributed by atoms with Crippen molar-refractivity contribution in [1.82, 2.24) is 5.43 Å². The molecule has 2 rings (SSSR count). The van der Waals surface area contributed by atoms with Crippen molar-refractivity contribution < 1.29 is 19.0 Å². The van der Waals surface area contributed by atoms with E-state index in [4.69, 9.17) is 37.4 Å². The first-order chi connectivity index (χ1) is 12.5. The second-order valence-corrected chi connectivity index (χ2v) is 5.97. The summed E-state index contributed by atoms with van der Waals surface area (Å²) >= 11 is 12.0. The van der Waals surface area contributed by atoms with Crippen molar-refractivity contribution in [2.45, 2.75) is 6.10 Å². The van der Waals surface area contributed by atoms with Gasteiger partial charge >= 0.3 is 0 Å². The number of nitrogens with one attached hydrogen (secondary N) is 1. The summed E-state index contributed by atoms with van der Waals surface area (Å²) in [7, 11) is 4.47. The minimum absolute atomic E-state index is 0.404. The first-order valence-electron chi connectivity index (χ1n) is 7.52. The molecule has 1 unspecified atom stereocenters. The molecule has 1 atom stereocenters. The summed E-state index contributed by atoms with van der Waals surface area (Å²) in [6, 6.07) is 10.1. The third kappa shape index (κ3) is 4.88. The molecule has 0 spiro atoms. The van der Waals surface area contributed by atoms with Gasteiger partial charge in [-0.1, -0.05) is 35.3 Å². The van der Waals surface area contributed by atoms with Crippen LogP contribution in [0.1, 0.15) is 17.2 Å². The summed E-state index contributed by atoms with van der Waals surface area (Å²) in [5, 5.41) is 4.91. The highest BCUT2D eigenvalue weighted by atomic mass is 35.5. The molecule has 0 aromatic heterocycles. The number of carbonyl (C=O) groups is 1. The van der Waals surface area contributed by atoms with Crippen molar-refractivity contribution in [1.29, 1.82) is 0 Å². The second-order valence-electron chi connectivity index (χ2n) is 5.13. The number of amides is 1. The SMILES string of the molecule is COc1cc(Cl)c(/C=N/NC(=O)C(OC)c2ccc(Cl)cc2)cc1OC. The zero-order chi connectivity index (χ0) is 19.1. The van der Waals surface area contributed by atoms with Crippen molar-refractivity contribution in [3.05, 3.63) is 57.6 Å². The van der Waals surface area contributed by atoms with Crippen LogP contribution in [0.3, 0.4) is 0 Å². The van der Waals surface area contributed by atoms with Crippen molar-refractivity contribution in [2.24, 2.45) is 5.10 Å². The summed E-state index contributed by atoms with van der Waals surface area (Å²) in [6.45, 7) is 0. The van der Waals surface area contributed by atoms with Gasteiger partial charge < -0.3 is 14.2 Å². The van der Waals surface area contributed by atoms with Crippen LogP contribution in [0.5, 0.6) is 11.5 Å². The van der Waals surface area contributed by atoms with E-state index in [1.54, 1.807) is 36.4 Å². The number of hydrazone groups is 1. The molecule has 1 amide bonds. The third-order valence-electron chi connectivity index (χ3n) is 3.53. The summed E-state index contributed by atoms with van der Waals surface area (Å²) in [5.74, 6) is 0.573. The fourth-order valence-electron chi connectivity index (χ4n) is 2.22. The minimum atomic E-state index is -0.815. The Morgan fingerprint density at radius 2 is 1.69 bits per heavy atom. The van der Waals surface area contributed by atoms with Crippen molar-refractivity contribution in [3.63, 3.8) is 0 Å². The summed E-state index contributed by atoms with van der Waals surface area (Å²) in [4.78, 5) is 12.3. The maximum absolute atomic E-state index is 12.3. The number of rotatable bonds is 7. The quantitative estimate of drug-likeness (QED) is 0.569. The number of hydrogen-bond acceptors (Lipinski definition) is 5. The average Bonchev–Trinajstić information content (AvgIpc) is 2.64. The molecule has 1 N–H and O–H groups in total. The van der Waals surface area contributed by atoms with Gasteiger partial charge in [0.1, 0.15) is 0 Å². The predicted molar refractivity (Wildman–Crippen MR) is 101 cm³/mol. The van der Waals surface area contributed by atoms with Crippen molar-refractivity contribution in [2.75, 3.05) is 21.3 Å². The standard InChI is InChI=1S/C18H18Cl2N2O4/c1-24-15-8-12(14(20)9-16(15)25-2)10-21-22-18(23)17(26-3)11-4-6-13(19)7-5-11/h4-10,17H,1-3H3,(H,22,23)/b21-10+. The molecule has 2 aromatic rings. The number of ether oxygens (including phenoxy) is 3. The maximum atomic E-state index is 12.3. The molecule has 0 saturated heterocycles. The van der Waals surface area contributed by atoms with E-state index in [1.165, 1.54) is 27.5 Å². The summed E-state index contributed by atoms with van der Waals surface area (Å²) < 4.78 is 15.6. The fourth-order valence-corrected chi connectivity index (χ4v) is 2.55. The Kier molecular flexibility index (Phi) is 7.26. The van der Waals surface area contributed by atoms with E-state index in [1.807, 2.05) is 0 Å². The molecular weight excluding hydrogens is 379 g/mol. The smallest absolute Gasteiger partial charge is 0.273 e. The van der Waals surface area contributed by atoms with Gasteiger partial charge in [-0.05, 0) is 23.8 Å². The Balaban J connectivity index is 2.11. The summed E-state index contributed by atoms with van der Waals surface area (Å²) in [5.41, 5.74) is 3.65. The van der Waals surface area contributed by atoms with Crippen LogP contribution in [-0.2, 0) is 9.53 Å². The van der Waals surface area contributed by atoms with Gasteiger partial charge in [-0.3, -0.25) is 4.79 Å². The van der Waals surface area contributed by atoms with Crippen molar-refractivity contribution >= 4 is 35.3 Å². The number of nitrogens with zero attached hydrogens (tertiary/aromatic N) is 1. The van der Waals surface area contributed by atoms with Crippen LogP contribution in [-0.4, -0.2) is 33.5 Å². The van der Waals surface area contributed by atoms with E-state index in [-0.39, 0.29) is 0 Å². The number of benzene rings is 2. The van der Waals surface area contributed by atoms with Crippen LogP contribution in [0.25, 0.3) is 0 Å². The van der Waals surface area contributed by atoms with Crippen LogP contribution in [0.15, 0.2) is 41.5 Å². The molecule has 0 fully saturated rings. The van der Waals surface area contributed by atoms with Crippen LogP contribution in [0.4, 0.5) is 0 Å². The van der Waals surface area contributed by atoms with Crippen LogP contribution < -0.4 is 14.9 Å². The van der Waals surface area contributed by atoms with Crippen molar-refractivity contribution in [3.8, 4) is 11.5 Å².